The van der Waals surface area contributed by atoms with Crippen molar-refractivity contribution in [2.75, 3.05) is 13.1 Å². The summed E-state index contributed by atoms with van der Waals surface area (Å²) in [4.78, 5) is 0. The fourth-order valence-corrected chi connectivity index (χ4v) is 2.39. The van der Waals surface area contributed by atoms with E-state index in [1.54, 1.807) is 0 Å². The predicted octanol–water partition coefficient (Wildman–Crippen LogP) is 4.80. The lowest BCUT2D eigenvalue weighted by Gasteiger charge is -2.23. The Hall–Kier alpha value is -0.820. The maximum atomic E-state index is 3.60. The molecule has 19 heavy (non-hydrogen) atoms. The molecule has 0 aromatic heterocycles. The highest BCUT2D eigenvalue weighted by atomic mass is 14.9. The summed E-state index contributed by atoms with van der Waals surface area (Å²) in [5.74, 6) is 2.62. The SMILES string of the molecule is CC(C)CNCC(c1ccc(C(C)C)cc1)C(C)C. The van der Waals surface area contributed by atoms with Crippen molar-refractivity contribution in [2.45, 2.75) is 53.4 Å². The van der Waals surface area contributed by atoms with E-state index in [1.807, 2.05) is 0 Å². The maximum Gasteiger partial charge on any atom is 0.00227 e. The second kappa shape index (κ2) is 7.69. The molecule has 1 rings (SSSR count). The zero-order valence-corrected chi connectivity index (χ0v) is 13.5. The van der Waals surface area contributed by atoms with Crippen molar-refractivity contribution < 1.29 is 0 Å². The van der Waals surface area contributed by atoms with E-state index in [-0.39, 0.29) is 0 Å². The van der Waals surface area contributed by atoms with Gasteiger partial charge in [0.25, 0.3) is 0 Å². The van der Waals surface area contributed by atoms with Gasteiger partial charge in [-0.1, -0.05) is 65.8 Å². The Balaban J connectivity index is 2.70. The molecule has 0 heterocycles. The molecular formula is C18H31N. The van der Waals surface area contributed by atoms with Crippen LogP contribution in [-0.4, -0.2) is 13.1 Å². The zero-order chi connectivity index (χ0) is 14.4. The van der Waals surface area contributed by atoms with Gasteiger partial charge in [0, 0.05) is 6.54 Å². The van der Waals surface area contributed by atoms with Gasteiger partial charge in [-0.15, -0.1) is 0 Å². The number of rotatable bonds is 7. The molecule has 0 saturated heterocycles. The Kier molecular flexibility index (Phi) is 6.57. The van der Waals surface area contributed by atoms with Crippen LogP contribution >= 0.6 is 0 Å². The second-order valence-corrected chi connectivity index (χ2v) is 6.72. The maximum absolute atomic E-state index is 3.60. The fourth-order valence-electron chi connectivity index (χ4n) is 2.39. The third-order valence-corrected chi connectivity index (χ3v) is 3.75. The Morgan fingerprint density at radius 3 is 1.74 bits per heavy atom. The van der Waals surface area contributed by atoms with Gasteiger partial charge < -0.3 is 5.32 Å². The molecule has 1 aromatic carbocycles. The minimum Gasteiger partial charge on any atom is -0.316 e. The van der Waals surface area contributed by atoms with E-state index >= 15 is 0 Å². The largest absolute Gasteiger partial charge is 0.316 e. The first-order valence-electron chi connectivity index (χ1n) is 7.72. The van der Waals surface area contributed by atoms with Gasteiger partial charge in [0.15, 0.2) is 0 Å². The van der Waals surface area contributed by atoms with Crippen molar-refractivity contribution >= 4 is 0 Å². The van der Waals surface area contributed by atoms with Crippen molar-refractivity contribution in [3.8, 4) is 0 Å². The van der Waals surface area contributed by atoms with Crippen molar-refractivity contribution in [1.82, 2.24) is 5.32 Å². The lowest BCUT2D eigenvalue weighted by molar-refractivity contribution is 0.442. The molecule has 1 nitrogen and oxygen atoms in total. The number of nitrogens with one attached hydrogen (secondary N) is 1. The summed E-state index contributed by atoms with van der Waals surface area (Å²) in [5, 5.41) is 3.60. The number of hydrogen-bond donors (Lipinski definition) is 1. The van der Waals surface area contributed by atoms with E-state index in [4.69, 9.17) is 0 Å². The predicted molar refractivity (Wildman–Crippen MR) is 85.8 cm³/mol. The van der Waals surface area contributed by atoms with Crippen LogP contribution in [-0.2, 0) is 0 Å². The molecule has 1 atom stereocenters. The van der Waals surface area contributed by atoms with Crippen molar-refractivity contribution in [3.05, 3.63) is 35.4 Å². The van der Waals surface area contributed by atoms with E-state index < -0.39 is 0 Å². The van der Waals surface area contributed by atoms with Crippen LogP contribution in [0.1, 0.15) is 64.5 Å². The lowest BCUT2D eigenvalue weighted by Crippen LogP contribution is -2.27. The molecule has 0 amide bonds. The highest BCUT2D eigenvalue weighted by Gasteiger charge is 2.15. The summed E-state index contributed by atoms with van der Waals surface area (Å²) >= 11 is 0. The van der Waals surface area contributed by atoms with E-state index in [1.165, 1.54) is 11.1 Å². The topological polar surface area (TPSA) is 12.0 Å². The Labute approximate surface area is 119 Å². The molecule has 0 spiro atoms. The smallest absolute Gasteiger partial charge is 0.00227 e. The highest BCUT2D eigenvalue weighted by molar-refractivity contribution is 5.27. The quantitative estimate of drug-likeness (QED) is 0.743. The number of benzene rings is 1. The Morgan fingerprint density at radius 2 is 1.32 bits per heavy atom. The molecule has 0 radical (unpaired) electrons. The monoisotopic (exact) mass is 261 g/mol. The summed E-state index contributed by atoms with van der Waals surface area (Å²) in [6.45, 7) is 15.8. The number of hydrogen-bond acceptors (Lipinski definition) is 1. The van der Waals surface area contributed by atoms with Crippen LogP contribution in [0.15, 0.2) is 24.3 Å². The third kappa shape index (κ3) is 5.36. The van der Waals surface area contributed by atoms with Gasteiger partial charge >= 0.3 is 0 Å². The Morgan fingerprint density at radius 1 is 0.789 bits per heavy atom. The molecule has 0 fully saturated rings. The van der Waals surface area contributed by atoms with E-state index in [0.29, 0.717) is 17.8 Å². The van der Waals surface area contributed by atoms with Crippen LogP contribution in [0.25, 0.3) is 0 Å². The molecule has 0 aliphatic carbocycles. The van der Waals surface area contributed by atoms with Crippen LogP contribution in [0.5, 0.6) is 0 Å². The lowest BCUT2D eigenvalue weighted by atomic mass is 9.87. The van der Waals surface area contributed by atoms with Crippen LogP contribution in [0, 0.1) is 11.8 Å². The van der Waals surface area contributed by atoms with Crippen LogP contribution in [0.4, 0.5) is 0 Å². The molecule has 1 N–H and O–H groups in total. The second-order valence-electron chi connectivity index (χ2n) is 6.72. The Bertz CT molecular complexity index is 348. The normalized spacial score (nSPS) is 13.5. The molecule has 1 aromatic rings. The van der Waals surface area contributed by atoms with Crippen LogP contribution in [0.3, 0.4) is 0 Å². The van der Waals surface area contributed by atoms with Crippen molar-refractivity contribution in [3.63, 3.8) is 0 Å². The van der Waals surface area contributed by atoms with Gasteiger partial charge in [0.1, 0.15) is 0 Å². The molecule has 0 bridgehead atoms. The van der Waals surface area contributed by atoms with Crippen molar-refractivity contribution in [1.29, 1.82) is 0 Å². The molecule has 1 unspecified atom stereocenters. The molecule has 0 saturated carbocycles. The minimum absolute atomic E-state index is 0.611. The first-order chi connectivity index (χ1) is 8.91. The minimum atomic E-state index is 0.611. The standard InChI is InChI=1S/C18H31N/c1-13(2)11-19-12-18(15(5)6)17-9-7-16(8-10-17)14(3)4/h7-10,13-15,18-19H,11-12H2,1-6H3. The van der Waals surface area contributed by atoms with Gasteiger partial charge in [-0.3, -0.25) is 0 Å². The third-order valence-electron chi connectivity index (χ3n) is 3.75. The van der Waals surface area contributed by atoms with E-state index in [0.717, 1.165) is 19.0 Å². The average molecular weight is 261 g/mol. The summed E-state index contributed by atoms with van der Waals surface area (Å²) in [5.41, 5.74) is 2.90. The van der Waals surface area contributed by atoms with E-state index in [2.05, 4.69) is 71.1 Å². The molecule has 0 aliphatic heterocycles. The highest BCUT2D eigenvalue weighted by Crippen LogP contribution is 2.25. The van der Waals surface area contributed by atoms with Crippen LogP contribution in [0.2, 0.25) is 0 Å². The molecule has 0 aliphatic rings. The first-order valence-corrected chi connectivity index (χ1v) is 7.72. The van der Waals surface area contributed by atoms with Gasteiger partial charge in [-0.25, -0.2) is 0 Å². The van der Waals surface area contributed by atoms with Gasteiger partial charge in [0.05, 0.1) is 0 Å². The van der Waals surface area contributed by atoms with Crippen LogP contribution < -0.4 is 5.32 Å². The summed E-state index contributed by atoms with van der Waals surface area (Å²) in [6.07, 6.45) is 0. The van der Waals surface area contributed by atoms with Crippen molar-refractivity contribution in [2.24, 2.45) is 11.8 Å². The zero-order valence-electron chi connectivity index (χ0n) is 13.5. The first kappa shape index (κ1) is 16.2. The molecule has 1 heteroatoms. The summed E-state index contributed by atoms with van der Waals surface area (Å²) in [7, 11) is 0. The molecule has 108 valence electrons. The summed E-state index contributed by atoms with van der Waals surface area (Å²) in [6, 6.07) is 9.21. The average Bonchev–Trinajstić information content (AvgIpc) is 2.34. The van der Waals surface area contributed by atoms with Gasteiger partial charge in [-0.05, 0) is 41.3 Å². The summed E-state index contributed by atoms with van der Waals surface area (Å²) < 4.78 is 0. The van der Waals surface area contributed by atoms with Gasteiger partial charge in [-0.2, -0.15) is 0 Å². The van der Waals surface area contributed by atoms with E-state index in [9.17, 15) is 0 Å². The van der Waals surface area contributed by atoms with Gasteiger partial charge in [0.2, 0.25) is 0 Å². The molecular weight excluding hydrogens is 230 g/mol. The fraction of sp³-hybridized carbons (Fsp3) is 0.667.